The number of ether oxygens (including phenoxy) is 2. The van der Waals surface area contributed by atoms with Crippen LogP contribution < -0.4 is 9.47 Å². The molecule has 0 amide bonds. The summed E-state index contributed by atoms with van der Waals surface area (Å²) < 4.78 is 12.3. The lowest BCUT2D eigenvalue weighted by Gasteiger charge is -2.34. The van der Waals surface area contributed by atoms with Gasteiger partial charge in [-0.05, 0) is 131 Å². The van der Waals surface area contributed by atoms with E-state index in [1.54, 1.807) is 0 Å². The molecule has 1 atom stereocenters. The summed E-state index contributed by atoms with van der Waals surface area (Å²) in [7, 11) is 0. The SMILES string of the molecule is C/C=C/C1CCC(C2CC=C(COc3ccc(OCC4CC4)c(C)c3C)CC2)CC1. The van der Waals surface area contributed by atoms with E-state index in [1.807, 2.05) is 0 Å². The molecule has 0 spiro atoms. The zero-order valence-electron chi connectivity index (χ0n) is 19.3. The van der Waals surface area contributed by atoms with Gasteiger partial charge in [-0.1, -0.05) is 18.2 Å². The summed E-state index contributed by atoms with van der Waals surface area (Å²) in [6, 6.07) is 4.19. The molecule has 2 saturated carbocycles. The predicted octanol–water partition coefficient (Wildman–Crippen LogP) is 7.58. The molecule has 0 heterocycles. The molecule has 164 valence electrons. The van der Waals surface area contributed by atoms with E-state index in [9.17, 15) is 0 Å². The summed E-state index contributed by atoms with van der Waals surface area (Å²) in [5.41, 5.74) is 3.93. The van der Waals surface area contributed by atoms with Crippen LogP contribution in [0, 0.1) is 37.5 Å². The molecule has 3 aliphatic rings. The van der Waals surface area contributed by atoms with E-state index in [0.29, 0.717) is 0 Å². The summed E-state index contributed by atoms with van der Waals surface area (Å²) in [6.07, 6.45) is 19.2. The van der Waals surface area contributed by atoms with Crippen molar-refractivity contribution in [2.24, 2.45) is 23.7 Å². The van der Waals surface area contributed by atoms with Gasteiger partial charge < -0.3 is 9.47 Å². The van der Waals surface area contributed by atoms with Crippen LogP contribution >= 0.6 is 0 Å². The van der Waals surface area contributed by atoms with E-state index in [-0.39, 0.29) is 0 Å². The zero-order chi connectivity index (χ0) is 20.9. The van der Waals surface area contributed by atoms with Gasteiger partial charge in [0.1, 0.15) is 18.1 Å². The highest BCUT2D eigenvalue weighted by Gasteiger charge is 2.28. The van der Waals surface area contributed by atoms with Gasteiger partial charge in [-0.2, -0.15) is 0 Å². The van der Waals surface area contributed by atoms with Gasteiger partial charge in [0, 0.05) is 0 Å². The maximum atomic E-state index is 6.24. The molecule has 0 N–H and O–H groups in total. The molecule has 2 heteroatoms. The van der Waals surface area contributed by atoms with Crippen molar-refractivity contribution in [2.75, 3.05) is 13.2 Å². The van der Waals surface area contributed by atoms with Crippen LogP contribution in [0.15, 0.2) is 35.9 Å². The average Bonchev–Trinajstić information content (AvgIpc) is 3.60. The fraction of sp³-hybridized carbons (Fsp3) is 0.643. The maximum Gasteiger partial charge on any atom is 0.123 e. The first-order valence-electron chi connectivity index (χ1n) is 12.3. The first-order chi connectivity index (χ1) is 14.6. The van der Waals surface area contributed by atoms with Gasteiger partial charge >= 0.3 is 0 Å². The molecule has 30 heavy (non-hydrogen) atoms. The minimum atomic E-state index is 0.739. The molecule has 0 saturated heterocycles. The summed E-state index contributed by atoms with van der Waals surface area (Å²) >= 11 is 0. The quantitative estimate of drug-likeness (QED) is 0.413. The Bertz CT molecular complexity index is 763. The van der Waals surface area contributed by atoms with Crippen molar-refractivity contribution in [1.29, 1.82) is 0 Å². The first-order valence-corrected chi connectivity index (χ1v) is 12.3. The summed E-state index contributed by atoms with van der Waals surface area (Å²) in [4.78, 5) is 0. The summed E-state index contributed by atoms with van der Waals surface area (Å²) in [5, 5.41) is 0. The fourth-order valence-corrected chi connectivity index (χ4v) is 5.30. The molecule has 0 bridgehead atoms. The van der Waals surface area contributed by atoms with Crippen molar-refractivity contribution < 1.29 is 9.47 Å². The Balaban J connectivity index is 1.25. The molecule has 1 unspecified atom stereocenters. The van der Waals surface area contributed by atoms with Crippen LogP contribution in [-0.2, 0) is 0 Å². The normalized spacial score (nSPS) is 27.2. The Morgan fingerprint density at radius 3 is 2.17 bits per heavy atom. The second kappa shape index (κ2) is 10.1. The molecule has 0 aliphatic heterocycles. The minimum absolute atomic E-state index is 0.739. The predicted molar refractivity (Wildman–Crippen MR) is 125 cm³/mol. The highest BCUT2D eigenvalue weighted by Crippen LogP contribution is 2.40. The van der Waals surface area contributed by atoms with E-state index < -0.39 is 0 Å². The zero-order valence-corrected chi connectivity index (χ0v) is 19.3. The third-order valence-corrected chi connectivity index (χ3v) is 7.77. The van der Waals surface area contributed by atoms with Crippen LogP contribution in [0.5, 0.6) is 11.5 Å². The van der Waals surface area contributed by atoms with Crippen molar-refractivity contribution in [3.63, 3.8) is 0 Å². The monoisotopic (exact) mass is 408 g/mol. The number of benzene rings is 1. The standard InChI is InChI=1S/C28H40O2/c1-4-5-22-8-12-25(13-9-22)26-14-10-24(11-15-26)19-30-28-17-16-27(20(2)21(28)3)29-18-23-6-7-23/h4-5,10,16-17,22-23,25-26H,6-9,11-15,18-19H2,1-3H3/b5-4+. The second-order valence-electron chi connectivity index (χ2n) is 9.95. The Morgan fingerprint density at radius 1 is 0.867 bits per heavy atom. The van der Waals surface area contributed by atoms with Gasteiger partial charge in [0.15, 0.2) is 0 Å². The third kappa shape index (κ3) is 5.50. The molecule has 0 aromatic heterocycles. The van der Waals surface area contributed by atoms with Crippen molar-refractivity contribution in [3.05, 3.63) is 47.1 Å². The Morgan fingerprint density at radius 2 is 1.57 bits per heavy atom. The second-order valence-corrected chi connectivity index (χ2v) is 9.95. The van der Waals surface area contributed by atoms with Crippen LogP contribution in [0.4, 0.5) is 0 Å². The number of allylic oxidation sites excluding steroid dienone is 3. The first kappa shape index (κ1) is 21.5. The van der Waals surface area contributed by atoms with Gasteiger partial charge in [0.05, 0.1) is 6.61 Å². The van der Waals surface area contributed by atoms with Gasteiger partial charge in [0.25, 0.3) is 0 Å². The van der Waals surface area contributed by atoms with Crippen molar-refractivity contribution >= 4 is 0 Å². The molecule has 1 aromatic rings. The molecule has 2 fully saturated rings. The average molecular weight is 409 g/mol. The Kier molecular flexibility index (Phi) is 7.23. The van der Waals surface area contributed by atoms with Gasteiger partial charge in [-0.25, -0.2) is 0 Å². The highest BCUT2D eigenvalue weighted by molar-refractivity contribution is 5.47. The number of rotatable bonds is 8. The Hall–Kier alpha value is -1.70. The van der Waals surface area contributed by atoms with Gasteiger partial charge in [-0.3, -0.25) is 0 Å². The van der Waals surface area contributed by atoms with Crippen molar-refractivity contribution in [2.45, 2.75) is 78.6 Å². The lowest BCUT2D eigenvalue weighted by molar-refractivity contribution is 0.206. The summed E-state index contributed by atoms with van der Waals surface area (Å²) in [5.74, 6) is 5.50. The third-order valence-electron chi connectivity index (χ3n) is 7.77. The molecule has 3 aliphatic carbocycles. The molecular formula is C28H40O2. The van der Waals surface area contributed by atoms with E-state index in [0.717, 1.165) is 48.4 Å². The number of hydrogen-bond acceptors (Lipinski definition) is 2. The van der Waals surface area contributed by atoms with Crippen molar-refractivity contribution in [3.8, 4) is 11.5 Å². The van der Waals surface area contributed by atoms with Gasteiger partial charge in [-0.15, -0.1) is 0 Å². The van der Waals surface area contributed by atoms with Gasteiger partial charge in [0.2, 0.25) is 0 Å². The molecular weight excluding hydrogens is 368 g/mol. The molecule has 0 radical (unpaired) electrons. The van der Waals surface area contributed by atoms with Crippen LogP contribution in [0.3, 0.4) is 0 Å². The minimum Gasteiger partial charge on any atom is -0.493 e. The molecule has 1 aromatic carbocycles. The van der Waals surface area contributed by atoms with E-state index in [1.165, 1.54) is 74.5 Å². The van der Waals surface area contributed by atoms with E-state index in [4.69, 9.17) is 9.47 Å². The smallest absolute Gasteiger partial charge is 0.123 e. The molecule has 2 nitrogen and oxygen atoms in total. The Labute approximate surface area is 183 Å². The lowest BCUT2D eigenvalue weighted by atomic mass is 9.71. The number of hydrogen-bond donors (Lipinski definition) is 0. The topological polar surface area (TPSA) is 18.5 Å². The lowest BCUT2D eigenvalue weighted by Crippen LogP contribution is -2.23. The highest BCUT2D eigenvalue weighted by atomic mass is 16.5. The van der Waals surface area contributed by atoms with Crippen LogP contribution in [0.2, 0.25) is 0 Å². The van der Waals surface area contributed by atoms with Crippen molar-refractivity contribution in [1.82, 2.24) is 0 Å². The fourth-order valence-electron chi connectivity index (χ4n) is 5.30. The van der Waals surface area contributed by atoms with Crippen LogP contribution in [0.25, 0.3) is 0 Å². The van der Waals surface area contributed by atoms with E-state index in [2.05, 4.69) is 51.1 Å². The summed E-state index contributed by atoms with van der Waals surface area (Å²) in [6.45, 7) is 8.07. The molecule has 4 rings (SSSR count). The van der Waals surface area contributed by atoms with E-state index >= 15 is 0 Å². The van der Waals surface area contributed by atoms with Crippen LogP contribution in [-0.4, -0.2) is 13.2 Å². The maximum absolute atomic E-state index is 6.24. The largest absolute Gasteiger partial charge is 0.493 e. The van der Waals surface area contributed by atoms with Crippen LogP contribution in [0.1, 0.15) is 75.8 Å².